The molecule has 0 spiro atoms. The van der Waals surface area contributed by atoms with Crippen molar-refractivity contribution in [2.75, 3.05) is 16.2 Å². The molecule has 0 aliphatic carbocycles. The Kier molecular flexibility index (Phi) is 4.09. The van der Waals surface area contributed by atoms with E-state index in [1.807, 2.05) is 20.8 Å². The highest BCUT2D eigenvalue weighted by molar-refractivity contribution is 9.10. The van der Waals surface area contributed by atoms with Gasteiger partial charge < -0.3 is 5.73 Å². The number of sulfonamides is 1. The third kappa shape index (κ3) is 4.95. The molecule has 17 heavy (non-hydrogen) atoms. The Hall–Kier alpha value is -0.750. The minimum absolute atomic E-state index is 0.0511. The number of halogens is 1. The normalized spacial score (nSPS) is 12.5. The van der Waals surface area contributed by atoms with Gasteiger partial charge in [-0.05, 0) is 23.6 Å². The summed E-state index contributed by atoms with van der Waals surface area (Å²) >= 11 is 3.27. The van der Waals surface area contributed by atoms with Crippen LogP contribution in [-0.4, -0.2) is 14.2 Å². The van der Waals surface area contributed by atoms with Crippen molar-refractivity contribution < 1.29 is 8.42 Å². The fourth-order valence-electron chi connectivity index (χ4n) is 1.40. The van der Waals surface area contributed by atoms with Gasteiger partial charge in [0.2, 0.25) is 10.0 Å². The Bertz CT molecular complexity index is 507. The summed E-state index contributed by atoms with van der Waals surface area (Å²) in [7, 11) is -3.37. The van der Waals surface area contributed by atoms with Crippen LogP contribution in [-0.2, 0) is 10.0 Å². The van der Waals surface area contributed by atoms with Gasteiger partial charge in [-0.2, -0.15) is 0 Å². The maximum atomic E-state index is 11.9. The topological polar surface area (TPSA) is 72.2 Å². The first-order valence-corrected chi connectivity index (χ1v) is 7.59. The van der Waals surface area contributed by atoms with Gasteiger partial charge in [0.15, 0.2) is 0 Å². The maximum Gasteiger partial charge on any atom is 0.233 e. The summed E-state index contributed by atoms with van der Waals surface area (Å²) in [6.45, 7) is 5.62. The molecule has 6 heteroatoms. The summed E-state index contributed by atoms with van der Waals surface area (Å²) < 4.78 is 27.1. The molecule has 0 heterocycles. The summed E-state index contributed by atoms with van der Waals surface area (Å²) in [5.41, 5.74) is 6.25. The van der Waals surface area contributed by atoms with Crippen molar-refractivity contribution in [3.8, 4) is 0 Å². The number of anilines is 2. The van der Waals surface area contributed by atoms with E-state index >= 15 is 0 Å². The van der Waals surface area contributed by atoms with Crippen LogP contribution in [0.3, 0.4) is 0 Å². The molecule has 0 aliphatic heterocycles. The molecule has 4 nitrogen and oxygen atoms in total. The quantitative estimate of drug-likeness (QED) is 0.841. The molecular weight excluding hydrogens is 304 g/mol. The van der Waals surface area contributed by atoms with Crippen LogP contribution >= 0.6 is 15.9 Å². The Morgan fingerprint density at radius 3 is 2.41 bits per heavy atom. The van der Waals surface area contributed by atoms with Crippen molar-refractivity contribution in [2.24, 2.45) is 5.41 Å². The van der Waals surface area contributed by atoms with Gasteiger partial charge in [0.1, 0.15) is 0 Å². The molecule has 1 rings (SSSR count). The molecule has 96 valence electrons. The average molecular weight is 321 g/mol. The summed E-state index contributed by atoms with van der Waals surface area (Å²) in [6.07, 6.45) is 0. The van der Waals surface area contributed by atoms with Crippen molar-refractivity contribution in [1.82, 2.24) is 0 Å². The summed E-state index contributed by atoms with van der Waals surface area (Å²) in [5.74, 6) is 0.0511. The summed E-state index contributed by atoms with van der Waals surface area (Å²) in [4.78, 5) is 0. The fourth-order valence-corrected chi connectivity index (χ4v) is 3.51. The van der Waals surface area contributed by atoms with E-state index in [2.05, 4.69) is 20.7 Å². The second-order valence-corrected chi connectivity index (χ2v) is 7.79. The molecule has 0 fully saturated rings. The molecule has 0 saturated carbocycles. The van der Waals surface area contributed by atoms with Crippen molar-refractivity contribution >= 4 is 37.3 Å². The second-order valence-electron chi connectivity index (χ2n) is 5.15. The van der Waals surface area contributed by atoms with Crippen molar-refractivity contribution in [3.05, 3.63) is 22.7 Å². The number of nitrogens with one attached hydrogen (secondary N) is 1. The third-order valence-corrected chi connectivity index (χ3v) is 4.17. The van der Waals surface area contributed by atoms with E-state index in [1.165, 1.54) is 0 Å². The van der Waals surface area contributed by atoms with Crippen LogP contribution in [0.2, 0.25) is 0 Å². The standard InChI is InChI=1S/C11H17BrN2O2S/c1-11(2,3)7-17(15,16)14-10-5-4-8(12)6-9(10)13/h4-6,14H,7,13H2,1-3H3. The largest absolute Gasteiger partial charge is 0.397 e. The average Bonchev–Trinajstić information content (AvgIpc) is 2.05. The predicted molar refractivity (Wildman–Crippen MR) is 75.4 cm³/mol. The first-order chi connectivity index (χ1) is 7.59. The van der Waals surface area contributed by atoms with Gasteiger partial charge in [-0.15, -0.1) is 0 Å². The minimum Gasteiger partial charge on any atom is -0.397 e. The molecule has 0 unspecified atom stereocenters. The number of benzene rings is 1. The van der Waals surface area contributed by atoms with E-state index in [0.717, 1.165) is 4.47 Å². The Labute approximate surface area is 111 Å². The molecule has 0 aliphatic rings. The van der Waals surface area contributed by atoms with Crippen LogP contribution in [0.15, 0.2) is 22.7 Å². The van der Waals surface area contributed by atoms with Gasteiger partial charge in [-0.1, -0.05) is 36.7 Å². The van der Waals surface area contributed by atoms with E-state index in [4.69, 9.17) is 5.73 Å². The highest BCUT2D eigenvalue weighted by Crippen LogP contribution is 2.25. The van der Waals surface area contributed by atoms with E-state index < -0.39 is 10.0 Å². The molecule has 3 N–H and O–H groups in total. The highest BCUT2D eigenvalue weighted by Gasteiger charge is 2.22. The molecule has 1 aromatic rings. The predicted octanol–water partition coefficient (Wildman–Crippen LogP) is 2.82. The van der Waals surface area contributed by atoms with E-state index in [9.17, 15) is 8.42 Å². The van der Waals surface area contributed by atoms with Gasteiger partial charge in [0.05, 0.1) is 17.1 Å². The zero-order valence-electron chi connectivity index (χ0n) is 10.1. The number of nitrogen functional groups attached to an aromatic ring is 1. The molecule has 1 aromatic carbocycles. The minimum atomic E-state index is -3.37. The molecule has 0 radical (unpaired) electrons. The second kappa shape index (κ2) is 4.86. The van der Waals surface area contributed by atoms with Crippen molar-refractivity contribution in [1.29, 1.82) is 0 Å². The fraction of sp³-hybridized carbons (Fsp3) is 0.455. The van der Waals surface area contributed by atoms with Crippen molar-refractivity contribution in [2.45, 2.75) is 20.8 Å². The number of hydrogen-bond acceptors (Lipinski definition) is 3. The molecule has 0 amide bonds. The summed E-state index contributed by atoms with van der Waals surface area (Å²) in [6, 6.07) is 5.04. The van der Waals surface area contributed by atoms with E-state index in [0.29, 0.717) is 11.4 Å². The van der Waals surface area contributed by atoms with Crippen LogP contribution < -0.4 is 10.5 Å². The first-order valence-electron chi connectivity index (χ1n) is 5.15. The molecule has 0 atom stereocenters. The maximum absolute atomic E-state index is 11.9. The van der Waals surface area contributed by atoms with Crippen LogP contribution in [0.5, 0.6) is 0 Å². The lowest BCUT2D eigenvalue weighted by Crippen LogP contribution is -2.26. The van der Waals surface area contributed by atoms with Gasteiger partial charge in [-0.3, -0.25) is 4.72 Å². The SMILES string of the molecule is CC(C)(C)CS(=O)(=O)Nc1ccc(Br)cc1N. The van der Waals surface area contributed by atoms with E-state index in [-0.39, 0.29) is 11.2 Å². The molecule has 0 bridgehead atoms. The zero-order chi connectivity index (χ0) is 13.3. The van der Waals surface area contributed by atoms with E-state index in [1.54, 1.807) is 18.2 Å². The zero-order valence-corrected chi connectivity index (χ0v) is 12.5. The monoisotopic (exact) mass is 320 g/mol. The summed E-state index contributed by atoms with van der Waals surface area (Å²) in [5, 5.41) is 0. The Morgan fingerprint density at radius 1 is 1.35 bits per heavy atom. The van der Waals surface area contributed by atoms with Gasteiger partial charge >= 0.3 is 0 Å². The molecule has 0 aromatic heterocycles. The third-order valence-electron chi connectivity index (χ3n) is 1.90. The van der Waals surface area contributed by atoms with Gasteiger partial charge in [0.25, 0.3) is 0 Å². The Morgan fingerprint density at radius 2 is 1.94 bits per heavy atom. The smallest absolute Gasteiger partial charge is 0.233 e. The van der Waals surface area contributed by atoms with Crippen LogP contribution in [0.1, 0.15) is 20.8 Å². The van der Waals surface area contributed by atoms with Crippen LogP contribution in [0, 0.1) is 5.41 Å². The first kappa shape index (κ1) is 14.3. The number of rotatable bonds is 3. The lowest BCUT2D eigenvalue weighted by molar-refractivity contribution is 0.463. The van der Waals surface area contributed by atoms with Crippen LogP contribution in [0.25, 0.3) is 0 Å². The molecule has 0 saturated heterocycles. The lowest BCUT2D eigenvalue weighted by Gasteiger charge is -2.19. The van der Waals surface area contributed by atoms with Crippen molar-refractivity contribution in [3.63, 3.8) is 0 Å². The van der Waals surface area contributed by atoms with Crippen LogP contribution in [0.4, 0.5) is 11.4 Å². The lowest BCUT2D eigenvalue weighted by atomic mass is 10.0. The van der Waals surface area contributed by atoms with Gasteiger partial charge in [0, 0.05) is 4.47 Å². The Balaban J connectivity index is 2.91. The number of nitrogens with two attached hydrogens (primary N) is 1. The molecular formula is C11H17BrN2O2S. The number of hydrogen-bond donors (Lipinski definition) is 2. The highest BCUT2D eigenvalue weighted by atomic mass is 79.9. The van der Waals surface area contributed by atoms with Gasteiger partial charge in [-0.25, -0.2) is 8.42 Å².